The zero-order chi connectivity index (χ0) is 6.95. The maximum absolute atomic E-state index is 3.95. The van der Waals surface area contributed by atoms with E-state index in [1.165, 1.54) is 12.8 Å². The molecule has 0 aliphatic heterocycles. The van der Waals surface area contributed by atoms with E-state index in [9.17, 15) is 0 Å². The van der Waals surface area contributed by atoms with Crippen LogP contribution in [0.5, 0.6) is 0 Å². The standard InChI is InChI=1S/C7H16N2/c1-3-5-7-9-8-6-4-2/h6,9H,3-5,7H2,1-2H3. The monoisotopic (exact) mass is 128 g/mol. The zero-order valence-electron chi connectivity index (χ0n) is 6.35. The van der Waals surface area contributed by atoms with Crippen LogP contribution in [-0.4, -0.2) is 12.8 Å². The molecular formula is C7H16N2. The highest BCUT2D eigenvalue weighted by Gasteiger charge is 1.77. The lowest BCUT2D eigenvalue weighted by Crippen LogP contribution is -2.06. The van der Waals surface area contributed by atoms with Crippen molar-refractivity contribution < 1.29 is 0 Å². The van der Waals surface area contributed by atoms with E-state index in [0.29, 0.717) is 0 Å². The van der Waals surface area contributed by atoms with Crippen LogP contribution in [0.3, 0.4) is 0 Å². The summed E-state index contributed by atoms with van der Waals surface area (Å²) in [6.45, 7) is 5.25. The maximum atomic E-state index is 3.95. The third-order valence-corrected chi connectivity index (χ3v) is 1.01. The number of rotatable bonds is 5. The van der Waals surface area contributed by atoms with E-state index < -0.39 is 0 Å². The van der Waals surface area contributed by atoms with Gasteiger partial charge >= 0.3 is 0 Å². The quantitative estimate of drug-likeness (QED) is 0.340. The van der Waals surface area contributed by atoms with Crippen LogP contribution < -0.4 is 5.43 Å². The zero-order valence-corrected chi connectivity index (χ0v) is 6.35. The van der Waals surface area contributed by atoms with E-state index in [4.69, 9.17) is 0 Å². The third-order valence-electron chi connectivity index (χ3n) is 1.01. The van der Waals surface area contributed by atoms with Crippen LogP contribution in [0.1, 0.15) is 33.1 Å². The Hall–Kier alpha value is -0.530. The second-order valence-electron chi connectivity index (χ2n) is 1.98. The number of hydrogen-bond donors (Lipinski definition) is 1. The normalized spacial score (nSPS) is 10.4. The summed E-state index contributed by atoms with van der Waals surface area (Å²) in [4.78, 5) is 0. The topological polar surface area (TPSA) is 24.4 Å². The van der Waals surface area contributed by atoms with Crippen LogP contribution >= 0.6 is 0 Å². The van der Waals surface area contributed by atoms with E-state index in [0.717, 1.165) is 13.0 Å². The Labute approximate surface area is 57.3 Å². The Kier molecular flexibility index (Phi) is 7.03. The maximum Gasteiger partial charge on any atom is 0.0329 e. The van der Waals surface area contributed by atoms with Gasteiger partial charge in [-0.1, -0.05) is 20.3 Å². The lowest BCUT2D eigenvalue weighted by atomic mass is 10.3. The van der Waals surface area contributed by atoms with E-state index in [1.54, 1.807) is 0 Å². The molecule has 2 nitrogen and oxygen atoms in total. The first-order chi connectivity index (χ1) is 4.41. The number of unbranched alkanes of at least 4 members (excludes halogenated alkanes) is 1. The molecule has 0 radical (unpaired) electrons. The Morgan fingerprint density at radius 3 is 2.78 bits per heavy atom. The molecule has 0 saturated carbocycles. The molecule has 0 fully saturated rings. The van der Waals surface area contributed by atoms with Crippen LogP contribution in [-0.2, 0) is 0 Å². The molecule has 0 amide bonds. The molecule has 0 aromatic heterocycles. The number of hydrogen-bond acceptors (Lipinski definition) is 2. The second kappa shape index (κ2) is 7.47. The molecule has 0 aromatic carbocycles. The van der Waals surface area contributed by atoms with Crippen molar-refractivity contribution in [1.29, 1.82) is 0 Å². The van der Waals surface area contributed by atoms with Crippen molar-refractivity contribution in [3.05, 3.63) is 0 Å². The summed E-state index contributed by atoms with van der Waals surface area (Å²) in [5.41, 5.74) is 2.96. The van der Waals surface area contributed by atoms with Crippen molar-refractivity contribution >= 4 is 6.21 Å². The van der Waals surface area contributed by atoms with E-state index in [2.05, 4.69) is 24.4 Å². The molecule has 0 spiro atoms. The molecule has 1 N–H and O–H groups in total. The van der Waals surface area contributed by atoms with Gasteiger partial charge in [0, 0.05) is 12.8 Å². The fourth-order valence-electron chi connectivity index (χ4n) is 0.476. The minimum atomic E-state index is 1.01. The van der Waals surface area contributed by atoms with Gasteiger partial charge in [-0.25, -0.2) is 0 Å². The molecule has 54 valence electrons. The van der Waals surface area contributed by atoms with Gasteiger partial charge in [-0.15, -0.1) is 0 Å². The molecule has 2 heteroatoms. The first-order valence-corrected chi connectivity index (χ1v) is 3.66. The molecule has 0 atom stereocenters. The molecule has 0 bridgehead atoms. The van der Waals surface area contributed by atoms with Crippen LogP contribution in [0.2, 0.25) is 0 Å². The summed E-state index contributed by atoms with van der Waals surface area (Å²) in [5.74, 6) is 0. The van der Waals surface area contributed by atoms with Gasteiger partial charge in [0.2, 0.25) is 0 Å². The summed E-state index contributed by atoms with van der Waals surface area (Å²) < 4.78 is 0. The average Bonchev–Trinajstić information content (AvgIpc) is 1.89. The van der Waals surface area contributed by atoms with Gasteiger partial charge in [0.25, 0.3) is 0 Å². The summed E-state index contributed by atoms with van der Waals surface area (Å²) in [5, 5.41) is 3.95. The molecule has 0 aliphatic rings. The summed E-state index contributed by atoms with van der Waals surface area (Å²) in [7, 11) is 0. The molecule has 0 aromatic rings. The van der Waals surface area contributed by atoms with Gasteiger partial charge in [0.05, 0.1) is 0 Å². The lowest BCUT2D eigenvalue weighted by molar-refractivity contribution is 0.672. The highest BCUT2D eigenvalue weighted by molar-refractivity contribution is 5.55. The predicted octanol–water partition coefficient (Wildman–Crippen LogP) is 1.77. The van der Waals surface area contributed by atoms with Crippen molar-refractivity contribution in [2.24, 2.45) is 5.10 Å². The second-order valence-corrected chi connectivity index (χ2v) is 1.98. The summed E-state index contributed by atoms with van der Waals surface area (Å²) in [6, 6.07) is 0. The number of hydrazone groups is 1. The third kappa shape index (κ3) is 7.47. The Morgan fingerprint density at radius 1 is 1.44 bits per heavy atom. The van der Waals surface area contributed by atoms with Gasteiger partial charge < -0.3 is 5.43 Å². The molecule has 9 heavy (non-hydrogen) atoms. The highest BCUT2D eigenvalue weighted by atomic mass is 15.3. The molecule has 0 saturated heterocycles. The predicted molar refractivity (Wildman–Crippen MR) is 41.7 cm³/mol. The fourth-order valence-corrected chi connectivity index (χ4v) is 0.476. The van der Waals surface area contributed by atoms with E-state index in [1.807, 2.05) is 6.21 Å². The summed E-state index contributed by atoms with van der Waals surface area (Å²) >= 11 is 0. The van der Waals surface area contributed by atoms with Gasteiger partial charge in [0.15, 0.2) is 0 Å². The minimum absolute atomic E-state index is 1.01. The van der Waals surface area contributed by atoms with Crippen LogP contribution in [0.4, 0.5) is 0 Å². The molecule has 0 rings (SSSR count). The van der Waals surface area contributed by atoms with Crippen molar-refractivity contribution in [3.8, 4) is 0 Å². The smallest absolute Gasteiger partial charge is 0.0329 e. The Bertz CT molecular complexity index is 69.3. The van der Waals surface area contributed by atoms with Crippen molar-refractivity contribution in [1.82, 2.24) is 5.43 Å². The van der Waals surface area contributed by atoms with Crippen molar-refractivity contribution in [2.45, 2.75) is 33.1 Å². The van der Waals surface area contributed by atoms with Crippen LogP contribution in [0.15, 0.2) is 5.10 Å². The average molecular weight is 128 g/mol. The fraction of sp³-hybridized carbons (Fsp3) is 0.857. The van der Waals surface area contributed by atoms with Crippen LogP contribution in [0, 0.1) is 0 Å². The largest absolute Gasteiger partial charge is 0.310 e. The highest BCUT2D eigenvalue weighted by Crippen LogP contribution is 1.81. The van der Waals surface area contributed by atoms with E-state index >= 15 is 0 Å². The number of nitrogens with zero attached hydrogens (tertiary/aromatic N) is 1. The molecule has 0 heterocycles. The number of nitrogens with one attached hydrogen (secondary N) is 1. The Balaban J connectivity index is 2.82. The van der Waals surface area contributed by atoms with Crippen LogP contribution in [0.25, 0.3) is 0 Å². The van der Waals surface area contributed by atoms with Gasteiger partial charge in [-0.05, 0) is 12.8 Å². The Morgan fingerprint density at radius 2 is 2.22 bits per heavy atom. The molecule has 0 unspecified atom stereocenters. The SMILES string of the molecule is CCC=NNCCCC. The molecule has 0 aliphatic carbocycles. The van der Waals surface area contributed by atoms with Crippen molar-refractivity contribution in [2.75, 3.05) is 6.54 Å². The van der Waals surface area contributed by atoms with Gasteiger partial charge in [-0.3, -0.25) is 0 Å². The minimum Gasteiger partial charge on any atom is -0.310 e. The van der Waals surface area contributed by atoms with Crippen molar-refractivity contribution in [3.63, 3.8) is 0 Å². The molecular weight excluding hydrogens is 112 g/mol. The van der Waals surface area contributed by atoms with E-state index in [-0.39, 0.29) is 0 Å². The first kappa shape index (κ1) is 8.47. The first-order valence-electron chi connectivity index (χ1n) is 3.66. The van der Waals surface area contributed by atoms with Gasteiger partial charge in [-0.2, -0.15) is 5.10 Å². The summed E-state index contributed by atoms with van der Waals surface area (Å²) in [6.07, 6.45) is 5.34. The van der Waals surface area contributed by atoms with Gasteiger partial charge in [0.1, 0.15) is 0 Å². The lowest BCUT2D eigenvalue weighted by Gasteiger charge is -1.94.